The van der Waals surface area contributed by atoms with Crippen LogP contribution in [0.4, 0.5) is 0 Å². The molecule has 0 bridgehead atoms. The number of hydrogen-bond donors (Lipinski definition) is 2. The fraction of sp³-hybridized carbons (Fsp3) is 0.400. The van der Waals surface area contributed by atoms with Crippen LogP contribution in [0.25, 0.3) is 0 Å². The van der Waals surface area contributed by atoms with Crippen molar-refractivity contribution >= 4 is 0 Å². The zero-order valence-electron chi connectivity index (χ0n) is 7.22. The number of fused-ring (bicyclic) bond motifs is 1. The van der Waals surface area contributed by atoms with Crippen molar-refractivity contribution in [3.8, 4) is 5.75 Å². The van der Waals surface area contributed by atoms with E-state index < -0.39 is 0 Å². The molecule has 0 aliphatic carbocycles. The summed E-state index contributed by atoms with van der Waals surface area (Å²) in [4.78, 5) is 0. The van der Waals surface area contributed by atoms with E-state index in [1.807, 2.05) is 6.07 Å². The number of hydrogen-bond acceptors (Lipinski definition) is 2. The second kappa shape index (κ2) is 2.79. The fourth-order valence-corrected chi connectivity index (χ4v) is 1.75. The summed E-state index contributed by atoms with van der Waals surface area (Å²) >= 11 is 0. The van der Waals surface area contributed by atoms with E-state index in [1.54, 1.807) is 6.07 Å². The Morgan fingerprint density at radius 1 is 1.33 bits per heavy atom. The van der Waals surface area contributed by atoms with Crippen molar-refractivity contribution in [2.75, 3.05) is 6.54 Å². The van der Waals surface area contributed by atoms with Gasteiger partial charge < -0.3 is 10.4 Å². The van der Waals surface area contributed by atoms with Gasteiger partial charge in [-0.15, -0.1) is 0 Å². The van der Waals surface area contributed by atoms with Gasteiger partial charge >= 0.3 is 0 Å². The number of phenols is 1. The average Bonchev–Trinajstić information content (AvgIpc) is 2.12. The van der Waals surface area contributed by atoms with Gasteiger partial charge in [-0.3, -0.25) is 0 Å². The fourth-order valence-electron chi connectivity index (χ4n) is 1.75. The highest BCUT2D eigenvalue weighted by atomic mass is 16.3. The first kappa shape index (κ1) is 7.62. The molecule has 1 aliphatic heterocycles. The molecular formula is C10H13NO. The molecule has 2 N–H and O–H groups in total. The Morgan fingerprint density at radius 3 is 2.92 bits per heavy atom. The molecule has 0 aromatic heterocycles. The normalized spacial score (nSPS) is 15.8. The highest BCUT2D eigenvalue weighted by molar-refractivity contribution is 5.45. The zero-order valence-corrected chi connectivity index (χ0v) is 7.22. The number of nitrogens with one attached hydrogen (secondary N) is 1. The molecule has 2 rings (SSSR count). The maximum Gasteiger partial charge on any atom is 0.119 e. The van der Waals surface area contributed by atoms with Gasteiger partial charge in [0.1, 0.15) is 5.75 Å². The van der Waals surface area contributed by atoms with Crippen molar-refractivity contribution in [1.82, 2.24) is 5.32 Å². The second-order valence-corrected chi connectivity index (χ2v) is 3.29. The van der Waals surface area contributed by atoms with Crippen LogP contribution in [0.2, 0.25) is 0 Å². The largest absolute Gasteiger partial charge is 0.508 e. The predicted molar refractivity (Wildman–Crippen MR) is 48.3 cm³/mol. The maximum atomic E-state index is 9.55. The van der Waals surface area contributed by atoms with Crippen molar-refractivity contribution < 1.29 is 5.11 Å². The summed E-state index contributed by atoms with van der Waals surface area (Å²) in [6.45, 7) is 3.96. The van der Waals surface area contributed by atoms with Crippen LogP contribution in [0.3, 0.4) is 0 Å². The molecule has 1 aromatic carbocycles. The van der Waals surface area contributed by atoms with E-state index in [2.05, 4.69) is 12.2 Å². The summed E-state index contributed by atoms with van der Waals surface area (Å²) in [6.07, 6.45) is 0.947. The minimum atomic E-state index is 0.456. The smallest absolute Gasteiger partial charge is 0.119 e. The lowest BCUT2D eigenvalue weighted by Crippen LogP contribution is -2.24. The molecule has 0 atom stereocenters. The Hall–Kier alpha value is -1.02. The maximum absolute atomic E-state index is 9.55. The Balaban J connectivity index is 2.57. The van der Waals surface area contributed by atoms with E-state index >= 15 is 0 Å². The molecule has 0 saturated carbocycles. The van der Waals surface area contributed by atoms with Gasteiger partial charge in [0.2, 0.25) is 0 Å². The quantitative estimate of drug-likeness (QED) is 0.605. The van der Waals surface area contributed by atoms with Gasteiger partial charge in [-0.2, -0.15) is 0 Å². The first-order valence-corrected chi connectivity index (χ1v) is 4.30. The van der Waals surface area contributed by atoms with Crippen LogP contribution >= 0.6 is 0 Å². The van der Waals surface area contributed by atoms with Gasteiger partial charge in [-0.1, -0.05) is 6.07 Å². The second-order valence-electron chi connectivity index (χ2n) is 3.29. The Kier molecular flexibility index (Phi) is 1.77. The van der Waals surface area contributed by atoms with Gasteiger partial charge in [0.05, 0.1) is 0 Å². The average molecular weight is 163 g/mol. The molecule has 64 valence electrons. The lowest BCUT2D eigenvalue weighted by Gasteiger charge is -2.19. The third kappa shape index (κ3) is 1.08. The highest BCUT2D eigenvalue weighted by Gasteiger charge is 2.13. The van der Waals surface area contributed by atoms with Crippen LogP contribution in [0.1, 0.15) is 16.7 Å². The van der Waals surface area contributed by atoms with E-state index in [1.165, 1.54) is 11.1 Å². The molecular weight excluding hydrogens is 150 g/mol. The van der Waals surface area contributed by atoms with Crippen LogP contribution in [0, 0.1) is 6.92 Å². The summed E-state index contributed by atoms with van der Waals surface area (Å²) < 4.78 is 0. The van der Waals surface area contributed by atoms with Crippen LogP contribution in [0.5, 0.6) is 5.75 Å². The third-order valence-corrected chi connectivity index (χ3v) is 2.49. The van der Waals surface area contributed by atoms with Gasteiger partial charge in [0.25, 0.3) is 0 Å². The van der Waals surface area contributed by atoms with Crippen LogP contribution in [0.15, 0.2) is 12.1 Å². The van der Waals surface area contributed by atoms with E-state index in [4.69, 9.17) is 0 Å². The summed E-state index contributed by atoms with van der Waals surface area (Å²) in [5.41, 5.74) is 3.69. The molecule has 0 unspecified atom stereocenters. The molecule has 0 fully saturated rings. The monoisotopic (exact) mass is 163 g/mol. The number of phenolic OH excluding ortho intramolecular Hbond substituents is 1. The molecule has 1 aromatic rings. The van der Waals surface area contributed by atoms with E-state index in [0.29, 0.717) is 5.75 Å². The lowest BCUT2D eigenvalue weighted by molar-refractivity contribution is 0.460. The molecule has 0 spiro atoms. The van der Waals surface area contributed by atoms with Gasteiger partial charge in [0.15, 0.2) is 0 Å². The van der Waals surface area contributed by atoms with Crippen molar-refractivity contribution in [3.05, 3.63) is 28.8 Å². The molecule has 0 saturated heterocycles. The number of benzene rings is 1. The minimum Gasteiger partial charge on any atom is -0.508 e. The summed E-state index contributed by atoms with van der Waals surface area (Å²) in [7, 11) is 0. The van der Waals surface area contributed by atoms with E-state index in [9.17, 15) is 5.11 Å². The van der Waals surface area contributed by atoms with Crippen molar-refractivity contribution in [2.24, 2.45) is 0 Å². The molecule has 0 radical (unpaired) electrons. The first-order valence-electron chi connectivity index (χ1n) is 4.30. The number of rotatable bonds is 0. The molecule has 12 heavy (non-hydrogen) atoms. The number of aryl methyl sites for hydroxylation is 1. The van der Waals surface area contributed by atoms with Crippen LogP contribution in [-0.4, -0.2) is 11.7 Å². The van der Waals surface area contributed by atoms with Gasteiger partial charge in [-0.25, -0.2) is 0 Å². The Morgan fingerprint density at radius 2 is 2.17 bits per heavy atom. The van der Waals surface area contributed by atoms with Crippen molar-refractivity contribution in [1.29, 1.82) is 0 Å². The Bertz CT molecular complexity index is 276. The van der Waals surface area contributed by atoms with E-state index in [-0.39, 0.29) is 0 Å². The standard InChI is InChI=1S/C10H13NO/c1-7-2-3-10(12)8-4-5-11-6-9(7)8/h2-3,11-12H,4-6H2,1H3. The topological polar surface area (TPSA) is 32.3 Å². The van der Waals surface area contributed by atoms with Gasteiger partial charge in [0, 0.05) is 6.54 Å². The van der Waals surface area contributed by atoms with Crippen molar-refractivity contribution in [2.45, 2.75) is 19.9 Å². The summed E-state index contributed by atoms with van der Waals surface area (Å²) in [5, 5.41) is 12.9. The molecule has 1 aliphatic rings. The van der Waals surface area contributed by atoms with Crippen molar-refractivity contribution in [3.63, 3.8) is 0 Å². The lowest BCUT2D eigenvalue weighted by atomic mass is 9.96. The summed E-state index contributed by atoms with van der Waals surface area (Å²) in [5.74, 6) is 0.456. The predicted octanol–water partition coefficient (Wildman–Crippen LogP) is 1.35. The zero-order chi connectivity index (χ0) is 8.55. The highest BCUT2D eigenvalue weighted by Crippen LogP contribution is 2.26. The first-order chi connectivity index (χ1) is 5.79. The van der Waals surface area contributed by atoms with Crippen LogP contribution in [-0.2, 0) is 13.0 Å². The molecule has 0 amide bonds. The number of aromatic hydroxyl groups is 1. The molecule has 2 heteroatoms. The van der Waals surface area contributed by atoms with Gasteiger partial charge in [-0.05, 0) is 42.6 Å². The SMILES string of the molecule is Cc1ccc(O)c2c1CNCC2. The van der Waals surface area contributed by atoms with Crippen LogP contribution < -0.4 is 5.32 Å². The third-order valence-electron chi connectivity index (χ3n) is 2.49. The summed E-state index contributed by atoms with van der Waals surface area (Å²) in [6, 6.07) is 3.76. The Labute approximate surface area is 72.2 Å². The van der Waals surface area contributed by atoms with E-state index in [0.717, 1.165) is 25.1 Å². The minimum absolute atomic E-state index is 0.456. The molecule has 1 heterocycles. The molecule has 2 nitrogen and oxygen atoms in total.